The number of hydrogen-bond donors (Lipinski definition) is 4. The van der Waals surface area contributed by atoms with Gasteiger partial charge in [-0.25, -0.2) is 0 Å². The molecule has 0 aromatic rings. The molecule has 2 aliphatic rings. The van der Waals surface area contributed by atoms with E-state index in [1.165, 1.54) is 18.7 Å². The van der Waals surface area contributed by atoms with Crippen LogP contribution in [-0.2, 0) is 19.1 Å². The van der Waals surface area contributed by atoms with Crippen molar-refractivity contribution in [2.45, 2.75) is 93.3 Å². The first kappa shape index (κ1) is 27.6. The first-order chi connectivity index (χ1) is 15.2. The maximum Gasteiger partial charge on any atom is 0.303 e. The highest BCUT2D eigenvalue weighted by atomic mass is 35.5. The fraction of sp³-hybridized carbons (Fsp3) is 0.905. The first-order valence-electron chi connectivity index (χ1n) is 11.1. The minimum atomic E-state index is -1.42. The van der Waals surface area contributed by atoms with E-state index in [1.54, 1.807) is 13.2 Å². The molecule has 32 heavy (non-hydrogen) atoms. The molecule has 9 atom stereocenters. The number of rotatable bonds is 9. The summed E-state index contributed by atoms with van der Waals surface area (Å²) in [6, 6.07) is -1.21. The maximum atomic E-state index is 13.0. The average Bonchev–Trinajstić information content (AvgIpc) is 2.99. The van der Waals surface area contributed by atoms with E-state index in [9.17, 15) is 24.2 Å². The molecule has 0 aliphatic carbocycles. The molecule has 8 nitrogen and oxygen atoms in total. The number of hydrogen-bond acceptors (Lipinski definition) is 8. The van der Waals surface area contributed by atoms with E-state index in [2.05, 4.69) is 10.6 Å². The van der Waals surface area contributed by atoms with Gasteiger partial charge in [-0.15, -0.1) is 23.4 Å². The summed E-state index contributed by atoms with van der Waals surface area (Å²) >= 11 is 7.59. The quantitative estimate of drug-likeness (QED) is 0.278. The highest BCUT2D eigenvalue weighted by molar-refractivity contribution is 7.99. The Morgan fingerprint density at radius 1 is 1.31 bits per heavy atom. The Morgan fingerprint density at radius 2 is 2.03 bits per heavy atom. The van der Waals surface area contributed by atoms with Gasteiger partial charge in [-0.05, 0) is 57.7 Å². The average molecular weight is 499 g/mol. The van der Waals surface area contributed by atoms with Crippen LogP contribution in [0.4, 0.5) is 4.39 Å². The van der Waals surface area contributed by atoms with Crippen LogP contribution in [0.25, 0.3) is 0 Å². The molecule has 2 aliphatic heterocycles. The van der Waals surface area contributed by atoms with E-state index in [1.807, 2.05) is 0 Å². The molecule has 0 bridgehead atoms. The molecule has 1 amide bonds. The van der Waals surface area contributed by atoms with Crippen molar-refractivity contribution in [1.29, 1.82) is 0 Å². The number of aliphatic hydroxyl groups is 2. The molecule has 2 rings (SSSR count). The van der Waals surface area contributed by atoms with Gasteiger partial charge in [-0.3, -0.25) is 14.0 Å². The van der Waals surface area contributed by atoms with Crippen molar-refractivity contribution >= 4 is 35.2 Å². The minimum Gasteiger partial charge on any atom is -0.456 e. The summed E-state index contributed by atoms with van der Waals surface area (Å²) in [4.78, 5) is 24.4. The van der Waals surface area contributed by atoms with Crippen LogP contribution in [0.5, 0.6) is 0 Å². The van der Waals surface area contributed by atoms with Crippen LogP contribution < -0.4 is 10.6 Å². The zero-order valence-corrected chi connectivity index (χ0v) is 20.4. The molecule has 0 spiro atoms. The van der Waals surface area contributed by atoms with Crippen LogP contribution in [0.1, 0.15) is 46.0 Å². The minimum absolute atomic E-state index is 0.262. The van der Waals surface area contributed by atoms with Gasteiger partial charge in [0.05, 0.1) is 24.1 Å². The smallest absolute Gasteiger partial charge is 0.303 e. The largest absolute Gasteiger partial charge is 0.456 e. The van der Waals surface area contributed by atoms with Crippen molar-refractivity contribution in [3.63, 3.8) is 0 Å². The van der Waals surface area contributed by atoms with E-state index in [4.69, 9.17) is 21.1 Å². The Morgan fingerprint density at radius 3 is 2.62 bits per heavy atom. The summed E-state index contributed by atoms with van der Waals surface area (Å²) in [6.45, 7) is 3.23. The lowest BCUT2D eigenvalue weighted by Crippen LogP contribution is -2.65. The molecule has 0 radical (unpaired) electrons. The third-order valence-corrected chi connectivity index (χ3v) is 7.26. The Bertz CT molecular complexity index is 617. The van der Waals surface area contributed by atoms with Crippen LogP contribution >= 0.6 is 23.4 Å². The molecule has 0 aromatic carbocycles. The Kier molecular flexibility index (Phi) is 11.5. The van der Waals surface area contributed by atoms with E-state index in [0.717, 1.165) is 19.3 Å². The van der Waals surface area contributed by atoms with Gasteiger partial charge in [0.25, 0.3) is 0 Å². The molecule has 186 valence electrons. The number of carbonyl (C=O) groups is 2. The number of nitrogens with one attached hydrogen (secondary N) is 2. The Balaban J connectivity index is 2.06. The zero-order valence-electron chi connectivity index (χ0n) is 18.8. The monoisotopic (exact) mass is 498 g/mol. The summed E-state index contributed by atoms with van der Waals surface area (Å²) in [7, 11) is 0. The van der Waals surface area contributed by atoms with Gasteiger partial charge in [-0.1, -0.05) is 0 Å². The van der Waals surface area contributed by atoms with Gasteiger partial charge >= 0.3 is 5.97 Å². The predicted octanol–water partition coefficient (Wildman–Crippen LogP) is 1.35. The number of ether oxygens (including phenoxy) is 2. The second-order valence-corrected chi connectivity index (χ2v) is 10.2. The normalized spacial score (nSPS) is 35.4. The highest BCUT2D eigenvalue weighted by Crippen LogP contribution is 2.32. The number of aliphatic hydroxyl groups excluding tert-OH is 2. The first-order valence-corrected chi connectivity index (χ1v) is 12.9. The van der Waals surface area contributed by atoms with Crippen molar-refractivity contribution in [3.05, 3.63) is 0 Å². The summed E-state index contributed by atoms with van der Waals surface area (Å²) < 4.78 is 23.6. The number of carbonyl (C=O) groups excluding carboxylic acids is 2. The van der Waals surface area contributed by atoms with Crippen LogP contribution in [0.15, 0.2) is 0 Å². The molecule has 0 aromatic heterocycles. The molecule has 1 unspecified atom stereocenters. The van der Waals surface area contributed by atoms with Gasteiger partial charge in [0.15, 0.2) is 6.10 Å². The lowest BCUT2D eigenvalue weighted by Gasteiger charge is -2.45. The van der Waals surface area contributed by atoms with Crippen molar-refractivity contribution in [2.24, 2.45) is 5.92 Å². The van der Waals surface area contributed by atoms with E-state index >= 15 is 0 Å². The summed E-state index contributed by atoms with van der Waals surface area (Å²) in [5, 5.41) is 26.8. The van der Waals surface area contributed by atoms with Crippen LogP contribution in [0.2, 0.25) is 0 Å². The maximum absolute atomic E-state index is 13.0. The second kappa shape index (κ2) is 13.3. The lowest BCUT2D eigenvalue weighted by molar-refractivity contribution is -0.217. The van der Waals surface area contributed by atoms with Gasteiger partial charge < -0.3 is 30.3 Å². The van der Waals surface area contributed by atoms with Crippen molar-refractivity contribution in [2.75, 3.05) is 19.5 Å². The van der Waals surface area contributed by atoms with Crippen molar-refractivity contribution < 1.29 is 33.7 Å². The Hall–Kier alpha value is -0.650. The molecule has 4 N–H and O–H groups in total. The number of amides is 1. The van der Waals surface area contributed by atoms with Gasteiger partial charge in [0, 0.05) is 6.92 Å². The topological polar surface area (TPSA) is 117 Å². The highest BCUT2D eigenvalue weighted by Gasteiger charge is 2.50. The second-order valence-electron chi connectivity index (χ2n) is 8.54. The van der Waals surface area contributed by atoms with Crippen molar-refractivity contribution in [1.82, 2.24) is 10.6 Å². The number of thioether (sulfide) groups is 1. The lowest BCUT2D eigenvalue weighted by atomic mass is 9.92. The zero-order chi connectivity index (χ0) is 23.8. The fourth-order valence-corrected chi connectivity index (χ4v) is 5.31. The molecular weight excluding hydrogens is 463 g/mol. The molecule has 11 heteroatoms. The standard InChI is InChI=1S/C21H36ClFN2O6S/c1-11(22)15(18-16(27)17(28)19(30-12(2)26)21(31-18)32-3)25-20(29)14-7-6-13(5-4-9-23)8-10-24-14/h11,13-19,21,24,27-28H,4-10H2,1-3H3,(H,25,29)/t11-,13-,14?,15+,16+,17-,18+,19+,21+/m0/s1. The van der Waals surface area contributed by atoms with E-state index in [-0.39, 0.29) is 12.6 Å². The molecule has 2 saturated heterocycles. The predicted molar refractivity (Wildman–Crippen MR) is 121 cm³/mol. The van der Waals surface area contributed by atoms with Gasteiger partial charge in [0.2, 0.25) is 5.91 Å². The number of alkyl halides is 2. The molecule has 2 fully saturated rings. The number of halogens is 2. The molecular formula is C21H36ClFN2O6S. The molecule has 2 heterocycles. The van der Waals surface area contributed by atoms with Crippen LogP contribution in [0.3, 0.4) is 0 Å². The van der Waals surface area contributed by atoms with E-state index < -0.39 is 53.3 Å². The van der Waals surface area contributed by atoms with Crippen LogP contribution in [0, 0.1) is 5.92 Å². The number of esters is 1. The molecule has 0 saturated carbocycles. The third-order valence-electron chi connectivity index (χ3n) is 6.14. The third kappa shape index (κ3) is 7.43. The van der Waals surface area contributed by atoms with Crippen LogP contribution in [-0.4, -0.2) is 88.9 Å². The SMILES string of the molecule is CS[C@H]1O[C@H]([C@H](NC(=O)C2CC[C@H](CCCF)CCN2)[C@H](C)Cl)[C@H](O)[C@H](O)[C@H]1OC(C)=O. The van der Waals surface area contributed by atoms with Gasteiger partial charge in [-0.2, -0.15) is 0 Å². The summed E-state index contributed by atoms with van der Waals surface area (Å²) in [5.41, 5.74) is -0.732. The Labute approximate surface area is 198 Å². The van der Waals surface area contributed by atoms with E-state index in [0.29, 0.717) is 25.3 Å². The summed E-state index contributed by atoms with van der Waals surface area (Å²) in [5.74, 6) is -0.470. The van der Waals surface area contributed by atoms with Gasteiger partial charge in [0.1, 0.15) is 23.7 Å². The summed E-state index contributed by atoms with van der Waals surface area (Å²) in [6.07, 6.45) is 0.576. The van der Waals surface area contributed by atoms with Crippen molar-refractivity contribution in [3.8, 4) is 0 Å². The fourth-order valence-electron chi connectivity index (χ4n) is 4.38.